The van der Waals surface area contributed by atoms with Crippen molar-refractivity contribution < 1.29 is 4.74 Å². The van der Waals surface area contributed by atoms with Crippen molar-refractivity contribution in [3.63, 3.8) is 0 Å². The standard InChI is InChI=1S/C9H8O.C2H3N3/c1-2-6-9-8(4-1)5-3-7-10-9;1-2-4-5-3-1/h1-6H,7H2;1-2H,(H,3,4,5). The lowest BCUT2D eigenvalue weighted by Crippen LogP contribution is -1.98. The molecule has 0 fully saturated rings. The van der Waals surface area contributed by atoms with E-state index in [0.29, 0.717) is 6.61 Å². The van der Waals surface area contributed by atoms with Gasteiger partial charge in [0.05, 0.1) is 12.4 Å². The molecule has 2 heterocycles. The van der Waals surface area contributed by atoms with E-state index in [4.69, 9.17) is 4.74 Å². The number of hydrogen-bond acceptors (Lipinski definition) is 3. The molecule has 1 aliphatic rings. The number of para-hydroxylation sites is 1. The van der Waals surface area contributed by atoms with Crippen molar-refractivity contribution in [1.29, 1.82) is 0 Å². The summed E-state index contributed by atoms with van der Waals surface area (Å²) >= 11 is 0. The highest BCUT2D eigenvalue weighted by Crippen LogP contribution is 2.21. The molecule has 0 radical (unpaired) electrons. The molecule has 1 N–H and O–H groups in total. The predicted octanol–water partition coefficient (Wildman–Crippen LogP) is 1.90. The van der Waals surface area contributed by atoms with Gasteiger partial charge in [-0.1, -0.05) is 24.3 Å². The van der Waals surface area contributed by atoms with E-state index >= 15 is 0 Å². The average Bonchev–Trinajstić information content (AvgIpc) is 2.88. The van der Waals surface area contributed by atoms with Crippen LogP contribution in [0.25, 0.3) is 6.08 Å². The van der Waals surface area contributed by atoms with Gasteiger partial charge in [0.2, 0.25) is 0 Å². The first-order valence-electron chi connectivity index (χ1n) is 4.65. The zero-order chi connectivity index (χ0) is 10.3. The number of nitrogens with one attached hydrogen (secondary N) is 1. The predicted molar refractivity (Wildman–Crippen MR) is 57.4 cm³/mol. The van der Waals surface area contributed by atoms with Crippen molar-refractivity contribution >= 4 is 6.08 Å². The molecule has 3 rings (SSSR count). The van der Waals surface area contributed by atoms with Crippen molar-refractivity contribution in [3.8, 4) is 5.75 Å². The molecule has 0 aliphatic carbocycles. The SMILES string of the molecule is C1=Cc2ccccc2OC1.c1cn[nH]n1. The van der Waals surface area contributed by atoms with Crippen LogP contribution >= 0.6 is 0 Å². The molecule has 76 valence electrons. The normalized spacial score (nSPS) is 12.0. The van der Waals surface area contributed by atoms with E-state index < -0.39 is 0 Å². The molecule has 2 aromatic rings. The number of fused-ring (bicyclic) bond motifs is 1. The van der Waals surface area contributed by atoms with Crippen molar-refractivity contribution in [3.05, 3.63) is 48.3 Å². The lowest BCUT2D eigenvalue weighted by atomic mass is 10.1. The fourth-order valence-corrected chi connectivity index (χ4v) is 1.23. The Bertz CT molecular complexity index is 406. The first-order valence-corrected chi connectivity index (χ1v) is 4.65. The van der Waals surface area contributed by atoms with Crippen LogP contribution in [0.3, 0.4) is 0 Å². The van der Waals surface area contributed by atoms with Gasteiger partial charge in [-0.15, -0.1) is 0 Å². The van der Waals surface area contributed by atoms with Crippen LogP contribution in [-0.2, 0) is 0 Å². The second-order valence-electron chi connectivity index (χ2n) is 2.91. The fraction of sp³-hybridized carbons (Fsp3) is 0.0909. The van der Waals surface area contributed by atoms with Crippen LogP contribution in [0.2, 0.25) is 0 Å². The molecule has 0 atom stereocenters. The van der Waals surface area contributed by atoms with Gasteiger partial charge in [-0.3, -0.25) is 0 Å². The Balaban J connectivity index is 0.000000144. The Morgan fingerprint density at radius 3 is 2.60 bits per heavy atom. The van der Waals surface area contributed by atoms with Gasteiger partial charge in [-0.2, -0.15) is 15.4 Å². The number of aromatic amines is 1. The van der Waals surface area contributed by atoms with Crippen molar-refractivity contribution in [2.45, 2.75) is 0 Å². The molecule has 1 aliphatic heterocycles. The Labute approximate surface area is 87.6 Å². The first-order chi connectivity index (χ1) is 7.47. The number of aromatic nitrogens is 3. The van der Waals surface area contributed by atoms with E-state index in [1.165, 1.54) is 5.56 Å². The maximum Gasteiger partial charge on any atom is 0.126 e. The Morgan fingerprint density at radius 1 is 1.13 bits per heavy atom. The number of H-pyrrole nitrogens is 1. The van der Waals surface area contributed by atoms with Gasteiger partial charge < -0.3 is 4.74 Å². The summed E-state index contributed by atoms with van der Waals surface area (Å²) < 4.78 is 5.34. The quantitative estimate of drug-likeness (QED) is 0.708. The zero-order valence-electron chi connectivity index (χ0n) is 8.13. The summed E-state index contributed by atoms with van der Waals surface area (Å²) in [4.78, 5) is 0. The van der Waals surface area contributed by atoms with Gasteiger partial charge >= 0.3 is 0 Å². The topological polar surface area (TPSA) is 50.8 Å². The van der Waals surface area contributed by atoms with E-state index in [2.05, 4.69) is 21.5 Å². The molecule has 0 saturated heterocycles. The Morgan fingerprint density at radius 2 is 1.93 bits per heavy atom. The second-order valence-corrected chi connectivity index (χ2v) is 2.91. The van der Waals surface area contributed by atoms with Gasteiger partial charge in [0, 0.05) is 5.56 Å². The van der Waals surface area contributed by atoms with Crippen LogP contribution in [0, 0.1) is 0 Å². The minimum absolute atomic E-state index is 0.705. The van der Waals surface area contributed by atoms with Crippen LogP contribution in [-0.4, -0.2) is 22.0 Å². The largest absolute Gasteiger partial charge is 0.489 e. The highest BCUT2D eigenvalue weighted by molar-refractivity contribution is 5.58. The first kappa shape index (κ1) is 9.45. The minimum Gasteiger partial charge on any atom is -0.489 e. The van der Waals surface area contributed by atoms with E-state index in [0.717, 1.165) is 5.75 Å². The molecular formula is C11H11N3O. The number of nitrogens with zero attached hydrogens (tertiary/aromatic N) is 2. The van der Waals surface area contributed by atoms with Crippen LogP contribution in [0.1, 0.15) is 5.56 Å². The van der Waals surface area contributed by atoms with Gasteiger partial charge in [0.15, 0.2) is 0 Å². The third-order valence-corrected chi connectivity index (χ3v) is 1.88. The monoisotopic (exact) mass is 201 g/mol. The van der Waals surface area contributed by atoms with Gasteiger partial charge in [-0.05, 0) is 12.1 Å². The van der Waals surface area contributed by atoms with E-state index in [-0.39, 0.29) is 0 Å². The number of benzene rings is 1. The minimum atomic E-state index is 0.705. The summed E-state index contributed by atoms with van der Waals surface area (Å²) in [5, 5.41) is 9.33. The smallest absolute Gasteiger partial charge is 0.126 e. The lowest BCUT2D eigenvalue weighted by Gasteiger charge is -2.10. The summed E-state index contributed by atoms with van der Waals surface area (Å²) in [5.74, 6) is 0.991. The summed E-state index contributed by atoms with van der Waals surface area (Å²) in [6, 6.07) is 8.03. The number of hydrogen-bond donors (Lipinski definition) is 1. The summed E-state index contributed by atoms with van der Waals surface area (Å²) in [5.41, 5.74) is 1.17. The zero-order valence-corrected chi connectivity index (χ0v) is 8.13. The fourth-order valence-electron chi connectivity index (χ4n) is 1.23. The molecule has 0 amide bonds. The van der Waals surface area contributed by atoms with E-state index in [9.17, 15) is 0 Å². The number of ether oxygens (including phenoxy) is 1. The van der Waals surface area contributed by atoms with Crippen molar-refractivity contribution in [2.24, 2.45) is 0 Å². The van der Waals surface area contributed by atoms with Crippen LogP contribution in [0.4, 0.5) is 0 Å². The summed E-state index contributed by atoms with van der Waals surface area (Å²) in [6.45, 7) is 0.705. The van der Waals surface area contributed by atoms with Gasteiger partial charge in [-0.25, -0.2) is 0 Å². The van der Waals surface area contributed by atoms with E-state index in [1.54, 1.807) is 12.4 Å². The molecule has 1 aromatic carbocycles. The highest BCUT2D eigenvalue weighted by atomic mass is 16.5. The van der Waals surface area contributed by atoms with Crippen molar-refractivity contribution in [2.75, 3.05) is 6.61 Å². The van der Waals surface area contributed by atoms with Crippen LogP contribution in [0.5, 0.6) is 5.75 Å². The maximum atomic E-state index is 5.34. The van der Waals surface area contributed by atoms with Crippen LogP contribution in [0.15, 0.2) is 42.7 Å². The lowest BCUT2D eigenvalue weighted by molar-refractivity contribution is 0.358. The van der Waals surface area contributed by atoms with Gasteiger partial charge in [0.1, 0.15) is 12.4 Å². The molecular weight excluding hydrogens is 190 g/mol. The third-order valence-electron chi connectivity index (χ3n) is 1.88. The van der Waals surface area contributed by atoms with Gasteiger partial charge in [0.25, 0.3) is 0 Å². The Kier molecular flexibility index (Phi) is 3.12. The molecule has 0 spiro atoms. The molecule has 4 nitrogen and oxygen atoms in total. The van der Waals surface area contributed by atoms with Crippen LogP contribution < -0.4 is 4.74 Å². The number of rotatable bonds is 0. The summed E-state index contributed by atoms with van der Waals surface area (Å²) in [6.07, 6.45) is 7.27. The Hall–Kier alpha value is -2.10. The summed E-state index contributed by atoms with van der Waals surface area (Å²) in [7, 11) is 0. The molecule has 0 bridgehead atoms. The molecule has 15 heavy (non-hydrogen) atoms. The highest BCUT2D eigenvalue weighted by Gasteiger charge is 2.01. The molecule has 4 heteroatoms. The van der Waals surface area contributed by atoms with E-state index in [1.807, 2.05) is 30.3 Å². The second kappa shape index (κ2) is 4.95. The molecule has 0 unspecified atom stereocenters. The average molecular weight is 201 g/mol. The maximum absolute atomic E-state index is 5.34. The molecule has 1 aromatic heterocycles. The molecule has 0 saturated carbocycles. The van der Waals surface area contributed by atoms with Crippen molar-refractivity contribution in [1.82, 2.24) is 15.4 Å². The third kappa shape index (κ3) is 2.67.